The molecule has 0 unspecified atom stereocenters. The van der Waals surface area contributed by atoms with Gasteiger partial charge in [0, 0.05) is 6.92 Å². The van der Waals surface area contributed by atoms with Crippen molar-refractivity contribution in [2.24, 2.45) is 23.2 Å². The Labute approximate surface area is 204 Å². The van der Waals surface area contributed by atoms with Crippen LogP contribution in [0, 0.1) is 23.2 Å². The molecule has 3 N–H and O–H groups in total. The van der Waals surface area contributed by atoms with Gasteiger partial charge in [0.1, 0.15) is 5.75 Å². The molecule has 34 heavy (non-hydrogen) atoms. The van der Waals surface area contributed by atoms with Gasteiger partial charge in [0.05, 0.1) is 18.8 Å². The zero-order chi connectivity index (χ0) is 24.3. The lowest BCUT2D eigenvalue weighted by Gasteiger charge is -2.53. The Morgan fingerprint density at radius 3 is 2.53 bits per heavy atom. The molecule has 0 aromatic heterocycles. The number of aliphatic hydroxyl groups excluding tert-OH is 2. The van der Waals surface area contributed by atoms with Crippen molar-refractivity contribution in [1.29, 1.82) is 0 Å². The van der Waals surface area contributed by atoms with Gasteiger partial charge in [-0.1, -0.05) is 51.5 Å². The third-order valence-corrected chi connectivity index (χ3v) is 9.38. The summed E-state index contributed by atoms with van der Waals surface area (Å²) >= 11 is 0. The molecular weight excluding hydrogens is 428 g/mol. The Kier molecular flexibility index (Phi) is 8.24. The Morgan fingerprint density at radius 2 is 1.79 bits per heavy atom. The number of phenols is 1. The van der Waals surface area contributed by atoms with E-state index in [0.29, 0.717) is 36.0 Å². The van der Waals surface area contributed by atoms with Gasteiger partial charge in [0.25, 0.3) is 0 Å². The molecule has 0 saturated heterocycles. The van der Waals surface area contributed by atoms with E-state index in [4.69, 9.17) is 4.74 Å². The quantitative estimate of drug-likeness (QED) is 0.310. The average Bonchev–Trinajstić information content (AvgIpc) is 3.03. The van der Waals surface area contributed by atoms with Gasteiger partial charge < -0.3 is 20.1 Å². The number of rotatable bonds is 10. The van der Waals surface area contributed by atoms with Crippen LogP contribution in [-0.2, 0) is 16.0 Å². The van der Waals surface area contributed by atoms with Crippen molar-refractivity contribution >= 4 is 5.97 Å². The molecule has 2 fully saturated rings. The van der Waals surface area contributed by atoms with Gasteiger partial charge in [-0.15, -0.1) is 0 Å². The number of phenolic OH excluding ortho intramolecular Hbond substituents is 1. The summed E-state index contributed by atoms with van der Waals surface area (Å²) in [6.07, 6.45) is 11.9. The van der Waals surface area contributed by atoms with Gasteiger partial charge in [-0.25, -0.2) is 0 Å². The molecule has 4 rings (SSSR count). The third-order valence-electron chi connectivity index (χ3n) is 9.38. The highest BCUT2D eigenvalue weighted by Gasteiger charge is 2.59. The van der Waals surface area contributed by atoms with Gasteiger partial charge in [-0.2, -0.15) is 0 Å². The molecule has 2 saturated carbocycles. The first-order valence-electron chi connectivity index (χ1n) is 13.6. The van der Waals surface area contributed by atoms with Crippen molar-refractivity contribution < 1.29 is 24.9 Å². The highest BCUT2D eigenvalue weighted by molar-refractivity contribution is 5.65. The molecule has 0 spiro atoms. The summed E-state index contributed by atoms with van der Waals surface area (Å²) in [7, 11) is 0. The molecule has 5 heteroatoms. The maximum absolute atomic E-state index is 10.8. The lowest BCUT2D eigenvalue weighted by molar-refractivity contribution is -0.141. The second kappa shape index (κ2) is 11.0. The van der Waals surface area contributed by atoms with Crippen molar-refractivity contribution in [3.63, 3.8) is 0 Å². The minimum absolute atomic E-state index is 0.181. The van der Waals surface area contributed by atoms with Gasteiger partial charge in [0.15, 0.2) is 0 Å². The minimum atomic E-state index is -0.610. The number of ether oxygens (including phenoxy) is 1. The zero-order valence-electron chi connectivity index (χ0n) is 21.0. The van der Waals surface area contributed by atoms with Crippen LogP contribution in [-0.4, -0.2) is 40.1 Å². The molecule has 3 aliphatic carbocycles. The lowest BCUT2D eigenvalue weighted by Crippen LogP contribution is -2.47. The van der Waals surface area contributed by atoms with Crippen LogP contribution in [0.25, 0.3) is 0 Å². The maximum atomic E-state index is 10.8. The molecule has 0 radical (unpaired) electrons. The summed E-state index contributed by atoms with van der Waals surface area (Å²) in [5.74, 6) is 2.05. The normalized spacial score (nSPS) is 34.2. The molecule has 1 aromatic rings. The minimum Gasteiger partial charge on any atom is -0.508 e. The van der Waals surface area contributed by atoms with Crippen LogP contribution in [0.3, 0.4) is 0 Å². The summed E-state index contributed by atoms with van der Waals surface area (Å²) in [5, 5.41) is 31.5. The number of carbonyl (C=O) groups is 1. The van der Waals surface area contributed by atoms with Crippen molar-refractivity contribution in [3.8, 4) is 5.75 Å². The molecule has 0 amide bonds. The molecule has 0 heterocycles. The fourth-order valence-corrected chi connectivity index (χ4v) is 7.66. The first-order chi connectivity index (χ1) is 16.3. The van der Waals surface area contributed by atoms with E-state index >= 15 is 0 Å². The summed E-state index contributed by atoms with van der Waals surface area (Å²) in [6, 6.07) is 5.93. The van der Waals surface area contributed by atoms with E-state index in [1.54, 1.807) is 0 Å². The first kappa shape index (κ1) is 25.5. The van der Waals surface area contributed by atoms with E-state index in [1.165, 1.54) is 56.6 Å². The fourth-order valence-electron chi connectivity index (χ4n) is 7.66. The molecule has 7 atom stereocenters. The molecule has 0 aliphatic heterocycles. The summed E-state index contributed by atoms with van der Waals surface area (Å²) in [4.78, 5) is 10.8. The second-order valence-corrected chi connectivity index (χ2v) is 11.5. The molecule has 1 aromatic carbocycles. The van der Waals surface area contributed by atoms with Crippen LogP contribution in [0.4, 0.5) is 0 Å². The van der Waals surface area contributed by atoms with Crippen LogP contribution < -0.4 is 0 Å². The maximum Gasteiger partial charge on any atom is 0.302 e. The predicted octanol–water partition coefficient (Wildman–Crippen LogP) is 5.49. The van der Waals surface area contributed by atoms with Gasteiger partial charge in [-0.3, -0.25) is 4.79 Å². The van der Waals surface area contributed by atoms with Crippen LogP contribution in [0.2, 0.25) is 0 Å². The number of carbonyl (C=O) groups excluding carboxylic acids is 1. The van der Waals surface area contributed by atoms with Crippen molar-refractivity contribution in [2.45, 2.75) is 109 Å². The van der Waals surface area contributed by atoms with E-state index in [0.717, 1.165) is 38.5 Å². The number of aromatic hydroxyl groups is 1. The number of aliphatic hydroxyl groups is 2. The second-order valence-electron chi connectivity index (χ2n) is 11.5. The summed E-state index contributed by atoms with van der Waals surface area (Å²) < 4.78 is 4.99. The Hall–Kier alpha value is -1.59. The number of hydrogen-bond donors (Lipinski definition) is 3. The number of unbranched alkanes of at least 4 members (excludes halogenated alkanes) is 6. The largest absolute Gasteiger partial charge is 0.508 e. The van der Waals surface area contributed by atoms with Gasteiger partial charge in [0.2, 0.25) is 0 Å². The number of fused-ring (bicyclic) bond motifs is 5. The Bertz CT molecular complexity index is 838. The predicted molar refractivity (Wildman–Crippen MR) is 133 cm³/mol. The average molecular weight is 473 g/mol. The highest BCUT2D eigenvalue weighted by atomic mass is 16.5. The van der Waals surface area contributed by atoms with Crippen molar-refractivity contribution in [2.75, 3.05) is 6.61 Å². The number of hydrogen-bond acceptors (Lipinski definition) is 5. The molecule has 190 valence electrons. The summed E-state index contributed by atoms with van der Waals surface area (Å²) in [6.45, 7) is 4.21. The Balaban J connectivity index is 1.34. The van der Waals surface area contributed by atoms with Crippen molar-refractivity contribution in [3.05, 3.63) is 29.3 Å². The topological polar surface area (TPSA) is 87.0 Å². The first-order valence-corrected chi connectivity index (χ1v) is 13.6. The van der Waals surface area contributed by atoms with Gasteiger partial charge >= 0.3 is 5.97 Å². The number of esters is 1. The van der Waals surface area contributed by atoms with Crippen LogP contribution in [0.15, 0.2) is 18.2 Å². The van der Waals surface area contributed by atoms with Crippen molar-refractivity contribution in [1.82, 2.24) is 0 Å². The molecular formula is C29H44O5. The van der Waals surface area contributed by atoms with E-state index < -0.39 is 12.2 Å². The monoisotopic (exact) mass is 472 g/mol. The standard InChI is InChI=1S/C29H44O5/c1-19(30)34-15-9-7-5-3-4-6-8-10-20-16-21-17-22(31)11-12-23(21)24-13-14-29(2)25(27(20)24)18-26(32)28(29)33/h11-12,17,20,24-28,31-33H,3-10,13-16,18H2,1-2H3/t20-,24-,25+,26+,27-,28+,29+/m1/s1. The zero-order valence-corrected chi connectivity index (χ0v) is 21.0. The van der Waals surface area contributed by atoms with E-state index in [1.807, 2.05) is 12.1 Å². The highest BCUT2D eigenvalue weighted by Crippen LogP contribution is 2.62. The fraction of sp³-hybridized carbons (Fsp3) is 0.759. The van der Waals surface area contributed by atoms with E-state index in [2.05, 4.69) is 13.0 Å². The van der Waals surface area contributed by atoms with Gasteiger partial charge in [-0.05, 0) is 90.9 Å². The molecule has 3 aliphatic rings. The summed E-state index contributed by atoms with van der Waals surface area (Å²) in [5.41, 5.74) is 2.52. The Morgan fingerprint density at radius 1 is 1.09 bits per heavy atom. The van der Waals surface area contributed by atoms with E-state index in [9.17, 15) is 20.1 Å². The SMILES string of the molecule is CC(=O)OCCCCCCCCC[C@@H]1Cc2cc(O)ccc2[C@H]2CC[C@]3(C)[C@@H](O)[C@@H](O)C[C@H]3[C@H]12. The lowest BCUT2D eigenvalue weighted by atomic mass is 9.52. The smallest absolute Gasteiger partial charge is 0.302 e. The molecule has 5 nitrogen and oxygen atoms in total. The number of benzene rings is 1. The molecule has 0 bridgehead atoms. The van der Waals surface area contributed by atoms with E-state index in [-0.39, 0.29) is 11.4 Å². The third kappa shape index (κ3) is 5.31. The van der Waals surface area contributed by atoms with Crippen LogP contribution in [0.1, 0.15) is 102 Å². The van der Waals surface area contributed by atoms with Crippen LogP contribution in [0.5, 0.6) is 5.75 Å². The van der Waals surface area contributed by atoms with Crippen LogP contribution >= 0.6 is 0 Å².